The lowest BCUT2D eigenvalue weighted by Gasteiger charge is -2.38. The number of para-hydroxylation sites is 1. The Balaban J connectivity index is 2.06. The average Bonchev–Trinajstić information content (AvgIpc) is 2.73. The van der Waals surface area contributed by atoms with Gasteiger partial charge in [-0.2, -0.15) is 0 Å². The summed E-state index contributed by atoms with van der Waals surface area (Å²) < 4.78 is 11.4. The van der Waals surface area contributed by atoms with Gasteiger partial charge in [-0.3, -0.25) is 0 Å². The molecule has 1 aliphatic heterocycles. The molecule has 33 heavy (non-hydrogen) atoms. The maximum Gasteiger partial charge on any atom is 0.420 e. The van der Waals surface area contributed by atoms with E-state index in [1.54, 1.807) is 11.1 Å². The molecule has 1 atom stereocenters. The smallest absolute Gasteiger partial charge is 0.420 e. The van der Waals surface area contributed by atoms with Gasteiger partial charge in [0, 0.05) is 18.3 Å². The summed E-state index contributed by atoms with van der Waals surface area (Å²) in [7, 11) is 0. The van der Waals surface area contributed by atoms with E-state index in [1.807, 2.05) is 84.0 Å². The maximum atomic E-state index is 13.4. The number of hydrogen-bond acceptors (Lipinski definition) is 5. The highest BCUT2D eigenvalue weighted by Gasteiger charge is 2.36. The molecule has 1 aliphatic rings. The second kappa shape index (κ2) is 9.81. The third-order valence-corrected chi connectivity index (χ3v) is 5.11. The first kappa shape index (κ1) is 24.6. The highest BCUT2D eigenvalue weighted by Crippen LogP contribution is 2.39. The Kier molecular flexibility index (Phi) is 7.30. The first-order valence-electron chi connectivity index (χ1n) is 11.5. The molecule has 178 valence electrons. The molecule has 0 unspecified atom stereocenters. The Labute approximate surface area is 196 Å². The van der Waals surface area contributed by atoms with E-state index in [1.165, 1.54) is 4.90 Å². The summed E-state index contributed by atoms with van der Waals surface area (Å²) in [5.74, 6) is 0.457. The summed E-state index contributed by atoms with van der Waals surface area (Å²) in [6.45, 7) is 11.7. The van der Waals surface area contributed by atoms with Crippen LogP contribution in [0.2, 0.25) is 0 Å². The van der Waals surface area contributed by atoms with Gasteiger partial charge in [-0.15, -0.1) is 0 Å². The Morgan fingerprint density at radius 1 is 0.939 bits per heavy atom. The molecule has 7 nitrogen and oxygen atoms in total. The molecule has 0 aliphatic carbocycles. The van der Waals surface area contributed by atoms with Crippen LogP contribution >= 0.6 is 0 Å². The first-order valence-corrected chi connectivity index (χ1v) is 11.5. The summed E-state index contributed by atoms with van der Waals surface area (Å²) in [5, 5.41) is 0. The molecular formula is C26H35N3O4. The fraction of sp³-hybridized carbons (Fsp3) is 0.500. The Hall–Kier alpha value is -3.09. The van der Waals surface area contributed by atoms with Crippen LogP contribution in [0.4, 0.5) is 21.1 Å². The average molecular weight is 454 g/mol. The normalized spacial score (nSPS) is 16.8. The standard InChI is InChI=1S/C26H35N3O4/c1-25(2,3)32-23(30)28-18-11-10-16-21(28)20-15-12-17-27-22(20)29(19-13-8-7-9-14-19)24(31)33-26(4,5)6/h7-9,12-15,17,21H,10-11,16,18H2,1-6H3/t21-/m1/s1. The molecule has 2 amide bonds. The summed E-state index contributed by atoms with van der Waals surface area (Å²) in [4.78, 5) is 34.2. The molecule has 0 N–H and O–H groups in total. The van der Waals surface area contributed by atoms with Crippen LogP contribution in [0.5, 0.6) is 0 Å². The minimum Gasteiger partial charge on any atom is -0.444 e. The number of nitrogens with zero attached hydrogens (tertiary/aromatic N) is 3. The van der Waals surface area contributed by atoms with Crippen molar-refractivity contribution >= 4 is 23.7 Å². The second-order valence-corrected chi connectivity index (χ2v) is 10.3. The zero-order chi connectivity index (χ0) is 24.2. The topological polar surface area (TPSA) is 72.0 Å². The molecule has 7 heteroatoms. The number of aromatic nitrogens is 1. The minimum absolute atomic E-state index is 0.258. The van der Waals surface area contributed by atoms with Crippen molar-refractivity contribution in [3.63, 3.8) is 0 Å². The zero-order valence-electron chi connectivity index (χ0n) is 20.5. The number of carbonyl (C=O) groups is 2. The van der Waals surface area contributed by atoms with Gasteiger partial charge in [-0.1, -0.05) is 24.3 Å². The molecule has 2 aromatic rings. The van der Waals surface area contributed by atoms with Crippen LogP contribution < -0.4 is 4.90 Å². The van der Waals surface area contributed by atoms with Crippen molar-refractivity contribution in [2.24, 2.45) is 0 Å². The SMILES string of the molecule is CC(C)(C)OC(=O)N(c1ccccc1)c1ncccc1[C@H]1CCCCN1C(=O)OC(C)(C)C. The van der Waals surface area contributed by atoms with Gasteiger partial charge < -0.3 is 14.4 Å². The number of amides is 2. The number of piperidine rings is 1. The molecule has 1 saturated heterocycles. The lowest BCUT2D eigenvalue weighted by atomic mass is 9.95. The van der Waals surface area contributed by atoms with Crippen molar-refractivity contribution in [1.29, 1.82) is 0 Å². The molecule has 0 bridgehead atoms. The molecule has 0 saturated carbocycles. The highest BCUT2D eigenvalue weighted by molar-refractivity contribution is 5.96. The van der Waals surface area contributed by atoms with Crippen molar-refractivity contribution in [3.05, 3.63) is 54.2 Å². The largest absolute Gasteiger partial charge is 0.444 e. The summed E-state index contributed by atoms with van der Waals surface area (Å²) in [6.07, 6.45) is 3.41. The Morgan fingerprint density at radius 3 is 2.24 bits per heavy atom. The van der Waals surface area contributed by atoms with Crippen molar-refractivity contribution in [2.75, 3.05) is 11.4 Å². The second-order valence-electron chi connectivity index (χ2n) is 10.3. The Bertz CT molecular complexity index is 963. The number of hydrogen-bond donors (Lipinski definition) is 0. The summed E-state index contributed by atoms with van der Waals surface area (Å²) in [5.41, 5.74) is 0.166. The van der Waals surface area contributed by atoms with E-state index in [0.717, 1.165) is 24.8 Å². The predicted octanol–water partition coefficient (Wildman–Crippen LogP) is 6.62. The van der Waals surface area contributed by atoms with Crippen molar-refractivity contribution in [3.8, 4) is 0 Å². The van der Waals surface area contributed by atoms with Crippen LogP contribution in [0.3, 0.4) is 0 Å². The molecule has 0 spiro atoms. The minimum atomic E-state index is -0.674. The number of benzene rings is 1. The van der Waals surface area contributed by atoms with Gasteiger partial charge in [0.2, 0.25) is 0 Å². The Morgan fingerprint density at radius 2 is 1.61 bits per heavy atom. The highest BCUT2D eigenvalue weighted by atomic mass is 16.6. The lowest BCUT2D eigenvalue weighted by Crippen LogP contribution is -2.42. The number of rotatable bonds is 3. The van der Waals surface area contributed by atoms with Gasteiger partial charge in [0.05, 0.1) is 11.7 Å². The van der Waals surface area contributed by atoms with Gasteiger partial charge in [0.25, 0.3) is 0 Å². The van der Waals surface area contributed by atoms with Gasteiger partial charge in [0.15, 0.2) is 0 Å². The van der Waals surface area contributed by atoms with E-state index in [-0.39, 0.29) is 12.1 Å². The van der Waals surface area contributed by atoms with Gasteiger partial charge >= 0.3 is 12.2 Å². The van der Waals surface area contributed by atoms with E-state index in [9.17, 15) is 9.59 Å². The molecule has 1 aromatic heterocycles. The monoisotopic (exact) mass is 453 g/mol. The molecule has 1 fully saturated rings. The van der Waals surface area contributed by atoms with E-state index in [2.05, 4.69) is 4.98 Å². The van der Waals surface area contributed by atoms with Crippen LogP contribution in [0.25, 0.3) is 0 Å². The van der Waals surface area contributed by atoms with Crippen LogP contribution in [-0.4, -0.2) is 39.8 Å². The zero-order valence-corrected chi connectivity index (χ0v) is 20.5. The van der Waals surface area contributed by atoms with E-state index in [4.69, 9.17) is 9.47 Å². The summed E-state index contributed by atoms with van der Waals surface area (Å²) >= 11 is 0. The van der Waals surface area contributed by atoms with Crippen LogP contribution in [-0.2, 0) is 9.47 Å². The number of ether oxygens (including phenoxy) is 2. The first-order chi connectivity index (χ1) is 15.5. The van der Waals surface area contributed by atoms with E-state index in [0.29, 0.717) is 18.1 Å². The number of anilines is 2. The third kappa shape index (κ3) is 6.46. The lowest BCUT2D eigenvalue weighted by molar-refractivity contribution is 0.00956. The van der Waals surface area contributed by atoms with Crippen LogP contribution in [0.1, 0.15) is 72.4 Å². The number of likely N-dealkylation sites (tertiary alicyclic amines) is 1. The van der Waals surface area contributed by atoms with Crippen molar-refractivity contribution in [1.82, 2.24) is 9.88 Å². The molecule has 3 rings (SSSR count). The van der Waals surface area contributed by atoms with E-state index < -0.39 is 17.3 Å². The third-order valence-electron chi connectivity index (χ3n) is 5.11. The summed E-state index contributed by atoms with van der Waals surface area (Å²) in [6, 6.07) is 12.8. The van der Waals surface area contributed by atoms with E-state index >= 15 is 0 Å². The molecule has 2 heterocycles. The number of pyridine rings is 1. The molecule has 0 radical (unpaired) electrons. The van der Waals surface area contributed by atoms with Crippen LogP contribution in [0.15, 0.2) is 48.7 Å². The molecule has 1 aromatic carbocycles. The fourth-order valence-electron chi connectivity index (χ4n) is 3.85. The number of carbonyl (C=O) groups excluding carboxylic acids is 2. The molecular weight excluding hydrogens is 418 g/mol. The maximum absolute atomic E-state index is 13.4. The quantitative estimate of drug-likeness (QED) is 0.522. The fourth-order valence-corrected chi connectivity index (χ4v) is 3.85. The van der Waals surface area contributed by atoms with Gasteiger partial charge in [-0.05, 0) is 79.0 Å². The van der Waals surface area contributed by atoms with Gasteiger partial charge in [-0.25, -0.2) is 19.5 Å². The van der Waals surface area contributed by atoms with Crippen LogP contribution in [0, 0.1) is 0 Å². The predicted molar refractivity (Wildman–Crippen MR) is 129 cm³/mol. The van der Waals surface area contributed by atoms with Crippen molar-refractivity contribution in [2.45, 2.75) is 78.0 Å². The van der Waals surface area contributed by atoms with Crippen molar-refractivity contribution < 1.29 is 19.1 Å². The van der Waals surface area contributed by atoms with Gasteiger partial charge in [0.1, 0.15) is 17.0 Å².